The van der Waals surface area contributed by atoms with Gasteiger partial charge in [0.05, 0.1) is 11.1 Å². The predicted molar refractivity (Wildman–Crippen MR) is 193 cm³/mol. The van der Waals surface area contributed by atoms with E-state index >= 15 is 4.79 Å². The number of hydrogen-bond donors (Lipinski definition) is 2. The van der Waals surface area contributed by atoms with Gasteiger partial charge in [0.1, 0.15) is 12.1 Å². The summed E-state index contributed by atoms with van der Waals surface area (Å²) in [7, 11) is -3.24. The number of nitrogens with one attached hydrogen (secondary N) is 1. The Balaban J connectivity index is 1.47. The molecule has 0 radical (unpaired) electrons. The number of nitrogens with two attached hydrogens (primary N) is 1. The Hall–Kier alpha value is -6.01. The summed E-state index contributed by atoms with van der Waals surface area (Å²) in [6.45, 7) is 3.72. The number of primary amides is 1. The summed E-state index contributed by atoms with van der Waals surface area (Å²) in [5, 5.41) is 4.50. The van der Waals surface area contributed by atoms with E-state index in [1.165, 1.54) is 42.4 Å². The van der Waals surface area contributed by atoms with Gasteiger partial charge in [0.2, 0.25) is 5.91 Å². The number of carbonyl (C=O) groups excluding carboxylic acids is 3. The van der Waals surface area contributed by atoms with Crippen molar-refractivity contribution < 1.29 is 27.3 Å². The largest absolute Gasteiger partial charge is 0.368 e. The molecule has 3 amide bonds. The molecule has 0 aliphatic heterocycles. The standard InChI is InChI=1S/C39H37N5O6S/c1-25-19-26(2)21-29(20-25)38(46)43(3)35(22-27-13-15-28(16-14-27)36-17-18-42-50-36)39(47)44(51(48,49)31-9-5-4-6-10-31)34(37(40)45)23-30-24-41-33-12-8-7-11-32(30)33/h4-21,24,34-35,41H,22-23H2,1-3H3,(H2,40,45)/t34-,35-/m0/s1. The van der Waals surface area contributed by atoms with Crippen molar-refractivity contribution in [1.29, 1.82) is 0 Å². The van der Waals surface area contributed by atoms with Crippen LogP contribution in [0.5, 0.6) is 0 Å². The van der Waals surface area contributed by atoms with Crippen LogP contribution >= 0.6 is 0 Å². The Kier molecular flexibility index (Phi) is 9.88. The van der Waals surface area contributed by atoms with E-state index in [-0.39, 0.29) is 17.7 Å². The minimum absolute atomic E-state index is 0.0814. The fourth-order valence-electron chi connectivity index (χ4n) is 6.33. The molecule has 6 aromatic rings. The summed E-state index contributed by atoms with van der Waals surface area (Å²) in [6.07, 6.45) is 2.91. The highest BCUT2D eigenvalue weighted by Crippen LogP contribution is 2.28. The number of fused-ring (bicyclic) bond motifs is 1. The smallest absolute Gasteiger partial charge is 0.267 e. The molecule has 12 heteroatoms. The van der Waals surface area contributed by atoms with Gasteiger partial charge < -0.3 is 20.1 Å². The van der Waals surface area contributed by atoms with Crippen molar-refractivity contribution in [3.63, 3.8) is 0 Å². The predicted octanol–water partition coefficient (Wildman–Crippen LogP) is 5.44. The van der Waals surface area contributed by atoms with E-state index in [1.54, 1.807) is 54.7 Å². The first kappa shape index (κ1) is 34.8. The van der Waals surface area contributed by atoms with Crippen LogP contribution in [-0.4, -0.2) is 64.6 Å². The van der Waals surface area contributed by atoms with Gasteiger partial charge in [-0.15, -0.1) is 0 Å². The molecule has 4 aromatic carbocycles. The highest BCUT2D eigenvalue weighted by molar-refractivity contribution is 7.89. The Labute approximate surface area is 295 Å². The first-order chi connectivity index (χ1) is 24.4. The number of amides is 3. The molecule has 0 aliphatic rings. The average molecular weight is 704 g/mol. The number of para-hydroxylation sites is 1. The monoisotopic (exact) mass is 703 g/mol. The number of nitrogens with zero attached hydrogens (tertiary/aromatic N) is 3. The van der Waals surface area contributed by atoms with Crippen molar-refractivity contribution in [2.75, 3.05) is 7.05 Å². The van der Waals surface area contributed by atoms with Gasteiger partial charge in [-0.2, -0.15) is 0 Å². The van der Waals surface area contributed by atoms with E-state index in [2.05, 4.69) is 10.1 Å². The van der Waals surface area contributed by atoms with Crippen molar-refractivity contribution in [2.24, 2.45) is 5.73 Å². The molecule has 2 aromatic heterocycles. The molecule has 0 spiro atoms. The van der Waals surface area contributed by atoms with E-state index in [1.807, 2.05) is 44.2 Å². The maximum Gasteiger partial charge on any atom is 0.267 e. The van der Waals surface area contributed by atoms with Crippen LogP contribution in [0.4, 0.5) is 0 Å². The topological polar surface area (TPSA) is 160 Å². The quantitative estimate of drug-likeness (QED) is 0.172. The lowest BCUT2D eigenvalue weighted by Crippen LogP contribution is -2.58. The molecule has 0 saturated carbocycles. The molecule has 260 valence electrons. The van der Waals surface area contributed by atoms with E-state index < -0.39 is 39.8 Å². The molecule has 6 rings (SSSR count). The van der Waals surface area contributed by atoms with E-state index in [9.17, 15) is 18.0 Å². The summed E-state index contributed by atoms with van der Waals surface area (Å²) >= 11 is 0. The molecule has 0 fully saturated rings. The average Bonchev–Trinajstić information content (AvgIpc) is 3.81. The van der Waals surface area contributed by atoms with Crippen LogP contribution in [0, 0.1) is 13.8 Å². The maximum atomic E-state index is 15.1. The van der Waals surface area contributed by atoms with Crippen LogP contribution in [0.25, 0.3) is 22.2 Å². The second-order valence-corrected chi connectivity index (χ2v) is 14.3. The second-order valence-electron chi connectivity index (χ2n) is 12.5. The van der Waals surface area contributed by atoms with Gasteiger partial charge in [0.15, 0.2) is 5.76 Å². The van der Waals surface area contributed by atoms with Crippen LogP contribution in [-0.2, 0) is 32.5 Å². The number of aromatic nitrogens is 2. The summed E-state index contributed by atoms with van der Waals surface area (Å²) in [4.78, 5) is 46.8. The molecular weight excluding hydrogens is 667 g/mol. The first-order valence-electron chi connectivity index (χ1n) is 16.3. The minimum Gasteiger partial charge on any atom is -0.368 e. The van der Waals surface area contributed by atoms with Gasteiger partial charge in [-0.05, 0) is 55.3 Å². The first-order valence-corrected chi connectivity index (χ1v) is 17.7. The Morgan fingerprint density at radius 2 is 1.51 bits per heavy atom. The zero-order valence-electron chi connectivity index (χ0n) is 28.3. The van der Waals surface area contributed by atoms with Crippen molar-refractivity contribution in [1.82, 2.24) is 19.3 Å². The molecule has 2 atom stereocenters. The van der Waals surface area contributed by atoms with Crippen LogP contribution < -0.4 is 5.73 Å². The van der Waals surface area contributed by atoms with Crippen molar-refractivity contribution in [2.45, 2.75) is 43.7 Å². The van der Waals surface area contributed by atoms with Gasteiger partial charge >= 0.3 is 0 Å². The number of benzene rings is 4. The molecule has 0 bridgehead atoms. The maximum absolute atomic E-state index is 15.1. The summed E-state index contributed by atoms with van der Waals surface area (Å²) < 4.78 is 35.0. The fourth-order valence-corrected chi connectivity index (χ4v) is 7.93. The lowest BCUT2D eigenvalue weighted by molar-refractivity contribution is -0.137. The normalized spacial score (nSPS) is 12.7. The second kappa shape index (κ2) is 14.5. The van der Waals surface area contributed by atoms with Crippen LogP contribution in [0.1, 0.15) is 32.6 Å². The minimum atomic E-state index is -4.70. The van der Waals surface area contributed by atoms with Gasteiger partial charge in [-0.1, -0.05) is 83.0 Å². The highest BCUT2D eigenvalue weighted by atomic mass is 32.2. The molecule has 2 heterocycles. The molecule has 51 heavy (non-hydrogen) atoms. The molecular formula is C39H37N5O6S. The lowest BCUT2D eigenvalue weighted by atomic mass is 9.99. The third-order valence-electron chi connectivity index (χ3n) is 8.86. The Morgan fingerprint density at radius 1 is 0.843 bits per heavy atom. The number of carbonyl (C=O) groups is 3. The third kappa shape index (κ3) is 7.31. The Morgan fingerprint density at radius 3 is 2.16 bits per heavy atom. The molecule has 0 saturated heterocycles. The van der Waals surface area contributed by atoms with Crippen molar-refractivity contribution in [3.05, 3.63) is 143 Å². The number of sulfonamides is 1. The zero-order valence-corrected chi connectivity index (χ0v) is 29.1. The van der Waals surface area contributed by atoms with Gasteiger partial charge in [-0.25, -0.2) is 12.7 Å². The molecule has 0 unspecified atom stereocenters. The van der Waals surface area contributed by atoms with Crippen molar-refractivity contribution in [3.8, 4) is 11.3 Å². The molecule has 3 N–H and O–H groups in total. The van der Waals surface area contributed by atoms with Crippen LogP contribution in [0.15, 0.2) is 125 Å². The summed E-state index contributed by atoms with van der Waals surface area (Å²) in [5.74, 6) is -1.96. The summed E-state index contributed by atoms with van der Waals surface area (Å²) in [6, 6.07) is 25.9. The third-order valence-corrected chi connectivity index (χ3v) is 10.7. The molecule has 0 aliphatic carbocycles. The summed E-state index contributed by atoms with van der Waals surface area (Å²) in [5.41, 5.74) is 10.7. The van der Waals surface area contributed by atoms with Crippen LogP contribution in [0.2, 0.25) is 0 Å². The van der Waals surface area contributed by atoms with Gasteiger partial charge in [-0.3, -0.25) is 14.4 Å². The Bertz CT molecular complexity index is 2280. The van der Waals surface area contributed by atoms with E-state index in [4.69, 9.17) is 10.3 Å². The number of rotatable bonds is 12. The number of H-pyrrole nitrogens is 1. The number of aryl methyl sites for hydroxylation is 2. The van der Waals surface area contributed by atoms with Gasteiger partial charge in [0, 0.05) is 54.2 Å². The number of hydrogen-bond acceptors (Lipinski definition) is 7. The lowest BCUT2D eigenvalue weighted by Gasteiger charge is -2.35. The SMILES string of the molecule is Cc1cc(C)cc(C(=O)N(C)[C@@H](Cc2ccc(-c3ccno3)cc2)C(=O)N([C@@H](Cc2c[nH]c3ccccc23)C(N)=O)S(=O)(=O)c2ccccc2)c1. The van der Waals surface area contributed by atoms with Gasteiger partial charge in [0.25, 0.3) is 21.8 Å². The van der Waals surface area contributed by atoms with E-state index in [0.717, 1.165) is 27.6 Å². The van der Waals surface area contributed by atoms with Crippen molar-refractivity contribution >= 4 is 38.6 Å². The van der Waals surface area contributed by atoms with Crippen LogP contribution in [0.3, 0.4) is 0 Å². The van der Waals surface area contributed by atoms with E-state index in [0.29, 0.717) is 26.8 Å². The number of likely N-dealkylation sites (N-methyl/N-ethyl adjacent to an activating group) is 1. The zero-order chi connectivity index (χ0) is 36.3. The number of aromatic amines is 1. The fraction of sp³-hybridized carbons (Fsp3) is 0.179. The highest BCUT2D eigenvalue weighted by Gasteiger charge is 2.44. The molecule has 11 nitrogen and oxygen atoms in total.